The highest BCUT2D eigenvalue weighted by Crippen LogP contribution is 2.50. The summed E-state index contributed by atoms with van der Waals surface area (Å²) in [4.78, 5) is 129. The maximum Gasteiger partial charge on any atom is 0.330 e. The maximum atomic E-state index is 16.2. The number of aromatic hydroxyl groups is 3. The van der Waals surface area contributed by atoms with E-state index in [9.17, 15) is 79.8 Å². The molecule has 35 nitrogen and oxygen atoms in total. The van der Waals surface area contributed by atoms with Crippen LogP contribution in [0.3, 0.4) is 0 Å². The van der Waals surface area contributed by atoms with Gasteiger partial charge in [0.25, 0.3) is 0 Å². The number of nitrogens with one attached hydrogen (secondary N) is 8. The van der Waals surface area contributed by atoms with Crippen LogP contribution in [-0.4, -0.2) is 208 Å². The zero-order valence-corrected chi connectivity index (χ0v) is 66.1. The number of aliphatic carboxylic acids is 1. The standard InChI is InChI=1S/C79H91Cl2N9O26S/c1-33(2)21-47(83-6)71(102)89-62-64(97)38-12-17-51(45(80)23-38)112-53-25-40-26-54(68(53)116-78-69(67(100)66(99)55(32-91)114-78)115-57-30-79(5,70(101)34(3)111-57)84-31-36-9-14-42(15-10-36)110-19-7-8-20-117-35(4)92)113-52-18-13-39(24-46(52)81)65(98)63-76(107)88-61(77(108)109)44-27-41(93)28-50(95)58(44)43-22-37(11-16-49(43)94)59(73(104)90-63)87-74(105)60(40)86-72(103)48(29-56(82)96)85-75(62)106/h9-18,22-28,33-34,47-48,55,57,59-67,69-70,78,83-84,91,93-95,97-101H,7-8,19-21,29-32H2,1-6H3,(H2,82,96)(H,85,106)(H,86,103)(H,87,105)(H,88,107)(H,89,102)(H,90,104)(H,108,109)/t34-,47+,48-,55+,57-,59+,60+,61-,62+,63-,64+,65+,66+,67-,69+,70+,78-,79-/m0/s1. The highest BCUT2D eigenvalue weighted by Gasteiger charge is 2.52. The second kappa shape index (κ2) is 37.6. The lowest BCUT2D eigenvalue weighted by Crippen LogP contribution is -2.65. The molecule has 0 aromatic heterocycles. The van der Waals surface area contributed by atoms with Crippen LogP contribution in [0, 0.1) is 5.92 Å². The van der Waals surface area contributed by atoms with Crippen molar-refractivity contribution in [3.63, 3.8) is 0 Å². The smallest absolute Gasteiger partial charge is 0.330 e. The largest absolute Gasteiger partial charge is 0.508 e. The zero-order chi connectivity index (χ0) is 84.8. The van der Waals surface area contributed by atoms with Gasteiger partial charge in [-0.1, -0.05) is 79.1 Å². The summed E-state index contributed by atoms with van der Waals surface area (Å²) >= 11 is 15.5. The minimum Gasteiger partial charge on any atom is -0.508 e. The summed E-state index contributed by atoms with van der Waals surface area (Å²) < 4.78 is 45.3. The molecule has 0 unspecified atom stereocenters. The number of carbonyl (C=O) groups excluding carboxylic acids is 8. The van der Waals surface area contributed by atoms with Gasteiger partial charge in [0.15, 0.2) is 35.1 Å². The quantitative estimate of drug-likeness (QED) is 0.0433. The summed E-state index contributed by atoms with van der Waals surface area (Å²) in [6, 6.07) is 6.49. The Hall–Kier alpha value is -10.2. The van der Waals surface area contributed by atoms with E-state index in [2.05, 4.69) is 42.5 Å². The molecule has 11 bridgehead atoms. The molecule has 7 aliphatic heterocycles. The van der Waals surface area contributed by atoms with Crippen LogP contribution in [0.5, 0.6) is 51.7 Å². The van der Waals surface area contributed by atoms with Crippen molar-refractivity contribution in [2.24, 2.45) is 11.7 Å². The first kappa shape index (κ1) is 87.7. The number of hydrogen-bond acceptors (Lipinski definition) is 28. The van der Waals surface area contributed by atoms with Crippen LogP contribution >= 0.6 is 35.0 Å². The van der Waals surface area contributed by atoms with Crippen molar-refractivity contribution in [3.05, 3.63) is 147 Å². The Morgan fingerprint density at radius 1 is 0.709 bits per heavy atom. The number of halogens is 2. The van der Waals surface area contributed by atoms with Gasteiger partial charge in [-0.2, -0.15) is 0 Å². The topological polar surface area (TPSA) is 543 Å². The number of aliphatic hydroxyl groups excluding tert-OH is 6. The third kappa shape index (κ3) is 20.3. The summed E-state index contributed by atoms with van der Waals surface area (Å²) in [5, 5.41) is 137. The Kier molecular flexibility index (Phi) is 28.2. The van der Waals surface area contributed by atoms with E-state index < -0.39 is 237 Å². The number of nitrogens with two attached hydrogens (primary N) is 1. The second-order valence-electron chi connectivity index (χ2n) is 29.5. The van der Waals surface area contributed by atoms with Gasteiger partial charge in [-0.05, 0) is 141 Å². The molecule has 7 heterocycles. The molecule has 18 atom stereocenters. The fourth-order valence-electron chi connectivity index (χ4n) is 14.3. The first-order chi connectivity index (χ1) is 55.5. The van der Waals surface area contributed by atoms with Crippen molar-refractivity contribution in [1.82, 2.24) is 42.5 Å². The average molecular weight is 1690 g/mol. The Morgan fingerprint density at radius 3 is 1.96 bits per heavy atom. The molecule has 38 heteroatoms. The number of amides is 7. The van der Waals surface area contributed by atoms with Crippen LogP contribution in [0.15, 0.2) is 103 Å². The molecule has 6 aromatic rings. The van der Waals surface area contributed by atoms with Crippen LogP contribution in [0.1, 0.15) is 130 Å². The van der Waals surface area contributed by atoms with Gasteiger partial charge in [0, 0.05) is 53.9 Å². The van der Waals surface area contributed by atoms with Crippen LogP contribution in [0.2, 0.25) is 10.0 Å². The third-order valence-corrected chi connectivity index (χ3v) is 22.0. The Labute approximate surface area is 683 Å². The first-order valence-electron chi connectivity index (χ1n) is 37.3. The molecule has 6 aromatic carbocycles. The van der Waals surface area contributed by atoms with E-state index in [1.54, 1.807) is 26.0 Å². The zero-order valence-electron chi connectivity index (χ0n) is 63.8. The van der Waals surface area contributed by atoms with Gasteiger partial charge in [-0.25, -0.2) is 4.79 Å². The van der Waals surface area contributed by atoms with Crippen molar-refractivity contribution in [2.75, 3.05) is 26.0 Å². The van der Waals surface area contributed by atoms with E-state index in [4.69, 9.17) is 62.1 Å². The monoisotopic (exact) mass is 1680 g/mol. The van der Waals surface area contributed by atoms with Crippen LogP contribution in [0.4, 0.5) is 0 Å². The molecule has 0 spiro atoms. The molecule has 0 saturated carbocycles. The first-order valence-corrected chi connectivity index (χ1v) is 39.0. The average Bonchev–Trinajstić information content (AvgIpc) is 0.763. The molecule has 2 saturated heterocycles. The minimum atomic E-state index is -2.37. The number of ether oxygens (including phenoxy) is 7. The number of likely N-dealkylation sites (N-methyl/N-ethyl adjacent to an activating group) is 1. The molecule has 13 rings (SSSR count). The lowest BCUT2D eigenvalue weighted by Gasteiger charge is -2.48. The Bertz CT molecular complexity index is 4740. The van der Waals surface area contributed by atoms with Crippen molar-refractivity contribution in [1.29, 1.82) is 0 Å². The Morgan fingerprint density at radius 2 is 1.34 bits per heavy atom. The number of phenols is 3. The highest BCUT2D eigenvalue weighted by atomic mass is 35.5. The van der Waals surface area contributed by atoms with Crippen molar-refractivity contribution in [3.8, 4) is 62.9 Å². The molecule has 117 heavy (non-hydrogen) atoms. The summed E-state index contributed by atoms with van der Waals surface area (Å²) in [6.07, 6.45) is -17.3. The van der Waals surface area contributed by atoms with Crippen LogP contribution in [-0.2, 0) is 63.9 Å². The van der Waals surface area contributed by atoms with Gasteiger partial charge >= 0.3 is 5.97 Å². The number of carboxylic acids is 1. The van der Waals surface area contributed by atoms with Gasteiger partial charge in [0.1, 0.15) is 95.2 Å². The number of thioether (sulfide) groups is 1. The molecular formula is C79H91Cl2N9O26S. The van der Waals surface area contributed by atoms with Gasteiger partial charge in [-0.3, -0.25) is 38.4 Å². The number of carbonyl (C=O) groups is 9. The summed E-state index contributed by atoms with van der Waals surface area (Å²) in [5.41, 5.74) is 2.42. The van der Waals surface area contributed by atoms with E-state index >= 15 is 14.4 Å². The van der Waals surface area contributed by atoms with Crippen molar-refractivity contribution in [2.45, 2.75) is 183 Å². The maximum absolute atomic E-state index is 16.2. The van der Waals surface area contributed by atoms with Crippen molar-refractivity contribution < 1.29 is 127 Å². The SMILES string of the molecule is CN[C@H](CC(C)C)C(=O)N[C@H]1C(=O)N[C@@H](CC(N)=O)C(=O)N[C@H]2C(=O)N[C@H]3C(=O)N[C@H](C(=O)N[C@H](C(=O)O)c4cc(O)cc(O)c4-c4cc3ccc4O)[C@H](O)c3ccc(c(Cl)c3)Oc3cc2cc(c3O[C@@H]2O[C@H](CO)[C@@H](O)[C@H](O)[C@H]2O[C@H]2C[C@](C)(NCc3ccc(OCCCCSC(C)=O)cc3)[C@H](O)[C@H](C)O2)Oc2ccc(cc2Cl)[C@H]1O. The van der Waals surface area contributed by atoms with Gasteiger partial charge in [0.2, 0.25) is 53.4 Å². The van der Waals surface area contributed by atoms with Crippen LogP contribution in [0.25, 0.3) is 11.1 Å². The Balaban J connectivity index is 1.08. The summed E-state index contributed by atoms with van der Waals surface area (Å²) in [5.74, 6) is -14.8. The number of hydrogen-bond donors (Lipinski definition) is 19. The highest BCUT2D eigenvalue weighted by molar-refractivity contribution is 8.13. The fraction of sp³-hybridized carbons (Fsp3) is 0.430. The number of unbranched alkanes of at least 4 members (excludes halogenated alkanes) is 1. The number of aliphatic hydroxyl groups is 6. The van der Waals surface area contributed by atoms with E-state index in [-0.39, 0.29) is 57.9 Å². The number of rotatable bonds is 22. The van der Waals surface area contributed by atoms with Gasteiger partial charge < -0.3 is 132 Å². The van der Waals surface area contributed by atoms with E-state index in [1.165, 1.54) is 37.9 Å². The molecule has 20 N–H and O–H groups in total. The molecular weight excluding hydrogens is 1590 g/mol. The fourth-order valence-corrected chi connectivity index (χ4v) is 15.3. The van der Waals surface area contributed by atoms with E-state index in [0.29, 0.717) is 18.1 Å². The lowest BCUT2D eigenvalue weighted by molar-refractivity contribution is -0.334. The normalized spacial score (nSPS) is 26.9. The minimum absolute atomic E-state index is 0.0364. The number of primary amides is 1. The summed E-state index contributed by atoms with van der Waals surface area (Å²) in [6.45, 7) is 8.02. The lowest BCUT2D eigenvalue weighted by atomic mass is 9.84. The number of phenolic OH excluding ortho intramolecular Hbond substituents is 3. The predicted octanol–water partition coefficient (Wildman–Crippen LogP) is 3.38. The van der Waals surface area contributed by atoms with Gasteiger partial charge in [0.05, 0.1) is 47.9 Å². The molecule has 2 fully saturated rings. The van der Waals surface area contributed by atoms with E-state index in [0.717, 1.165) is 85.1 Å². The molecule has 7 aliphatic rings. The predicted molar refractivity (Wildman–Crippen MR) is 416 cm³/mol. The van der Waals surface area contributed by atoms with Gasteiger partial charge in [-0.15, -0.1) is 0 Å². The number of carboxylic acid groups (broad SMARTS) is 1. The van der Waals surface area contributed by atoms with E-state index in [1.807, 2.05) is 26.0 Å². The third-order valence-electron chi connectivity index (χ3n) is 20.5. The second-order valence-corrected chi connectivity index (χ2v) is 31.6. The molecule has 0 aliphatic carbocycles. The molecule has 628 valence electrons. The van der Waals surface area contributed by atoms with Crippen LogP contribution < -0.4 is 67.2 Å². The molecule has 0 radical (unpaired) electrons. The van der Waals surface area contributed by atoms with Crippen molar-refractivity contribution >= 4 is 87.4 Å². The number of fused-ring (bicyclic) bond motifs is 15. The molecule has 7 amide bonds. The number of benzene rings is 6. The summed E-state index contributed by atoms with van der Waals surface area (Å²) in [7, 11) is 1.47.